The molecule has 0 saturated heterocycles. The highest BCUT2D eigenvalue weighted by molar-refractivity contribution is 5.37. The van der Waals surface area contributed by atoms with Crippen molar-refractivity contribution in [3.05, 3.63) is 29.3 Å². The van der Waals surface area contributed by atoms with Gasteiger partial charge >= 0.3 is 6.18 Å². The van der Waals surface area contributed by atoms with Crippen LogP contribution in [0.3, 0.4) is 0 Å². The molecular weight excluding hydrogens is 181 g/mol. The van der Waals surface area contributed by atoms with Crippen molar-refractivity contribution in [2.24, 2.45) is 0 Å². The lowest BCUT2D eigenvalue weighted by Crippen LogP contribution is -2.05. The highest BCUT2D eigenvalue weighted by Crippen LogP contribution is 2.32. The molecule has 0 radical (unpaired) electrons. The summed E-state index contributed by atoms with van der Waals surface area (Å²) in [4.78, 5) is 0. The van der Waals surface area contributed by atoms with Gasteiger partial charge in [0.15, 0.2) is 0 Å². The first kappa shape index (κ1) is 9.89. The van der Waals surface area contributed by atoms with Gasteiger partial charge in [0, 0.05) is 0 Å². The maximum atomic E-state index is 12.2. The van der Waals surface area contributed by atoms with Crippen molar-refractivity contribution in [3.63, 3.8) is 0 Å². The predicted molar refractivity (Wildman–Crippen MR) is 42.7 cm³/mol. The lowest BCUT2D eigenvalue weighted by molar-refractivity contribution is -0.137. The zero-order chi connectivity index (χ0) is 10.1. The summed E-state index contributed by atoms with van der Waals surface area (Å²) in [6.07, 6.45) is -4.30. The molecule has 0 fully saturated rings. The Balaban J connectivity index is 3.14. The van der Waals surface area contributed by atoms with Gasteiger partial charge in [-0.2, -0.15) is 13.2 Å². The molecule has 0 unspecified atom stereocenters. The van der Waals surface area contributed by atoms with E-state index in [1.807, 2.05) is 0 Å². The third-order valence-corrected chi connectivity index (χ3v) is 1.74. The van der Waals surface area contributed by atoms with Crippen molar-refractivity contribution in [1.29, 1.82) is 0 Å². The predicted octanol–water partition coefficient (Wildman–Crippen LogP) is 3.02. The number of halogens is 3. The highest BCUT2D eigenvalue weighted by atomic mass is 19.4. The van der Waals surface area contributed by atoms with E-state index >= 15 is 0 Å². The molecule has 0 spiro atoms. The number of alkyl halides is 3. The molecule has 72 valence electrons. The van der Waals surface area contributed by atoms with Gasteiger partial charge in [-0.1, -0.05) is 6.07 Å². The van der Waals surface area contributed by atoms with E-state index in [0.717, 1.165) is 12.1 Å². The molecule has 4 heteroatoms. The molecule has 1 nitrogen and oxygen atoms in total. The van der Waals surface area contributed by atoms with E-state index in [2.05, 4.69) is 0 Å². The van der Waals surface area contributed by atoms with Crippen molar-refractivity contribution in [2.75, 3.05) is 7.11 Å². The van der Waals surface area contributed by atoms with Gasteiger partial charge in [-0.05, 0) is 24.6 Å². The molecule has 0 bridgehead atoms. The second-order valence-electron chi connectivity index (χ2n) is 2.68. The number of hydrogen-bond acceptors (Lipinski definition) is 1. The first-order valence-corrected chi connectivity index (χ1v) is 3.67. The molecular formula is C9H9F3O. The number of hydrogen-bond donors (Lipinski definition) is 0. The lowest BCUT2D eigenvalue weighted by Gasteiger charge is -2.09. The van der Waals surface area contributed by atoms with Crippen LogP contribution >= 0.6 is 0 Å². The number of benzene rings is 1. The van der Waals surface area contributed by atoms with Gasteiger partial charge in [-0.25, -0.2) is 0 Å². The minimum Gasteiger partial charge on any atom is -0.496 e. The van der Waals surface area contributed by atoms with Gasteiger partial charge in [-0.3, -0.25) is 0 Å². The average Bonchev–Trinajstić information content (AvgIpc) is 2.03. The van der Waals surface area contributed by atoms with Crippen LogP contribution in [0.2, 0.25) is 0 Å². The lowest BCUT2D eigenvalue weighted by atomic mass is 10.1. The van der Waals surface area contributed by atoms with Gasteiger partial charge in [0.25, 0.3) is 0 Å². The molecule has 0 heterocycles. The van der Waals surface area contributed by atoms with E-state index in [9.17, 15) is 13.2 Å². The van der Waals surface area contributed by atoms with Gasteiger partial charge < -0.3 is 4.74 Å². The standard InChI is InChI=1S/C9H9F3O/c1-6-3-4-7(9(10,11)12)5-8(6)13-2/h3-5H,1-2H3. The van der Waals surface area contributed by atoms with Crippen LogP contribution in [0.4, 0.5) is 13.2 Å². The molecule has 0 aliphatic carbocycles. The van der Waals surface area contributed by atoms with Crippen molar-refractivity contribution in [3.8, 4) is 5.75 Å². The van der Waals surface area contributed by atoms with Gasteiger partial charge in [0.2, 0.25) is 0 Å². The summed E-state index contributed by atoms with van der Waals surface area (Å²) in [6, 6.07) is 3.43. The Labute approximate surface area is 74.1 Å². The number of ether oxygens (including phenoxy) is 1. The molecule has 0 saturated carbocycles. The summed E-state index contributed by atoms with van der Waals surface area (Å²) in [7, 11) is 1.35. The van der Waals surface area contributed by atoms with Crippen LogP contribution in [0.1, 0.15) is 11.1 Å². The third-order valence-electron chi connectivity index (χ3n) is 1.74. The number of rotatable bonds is 1. The van der Waals surface area contributed by atoms with Crippen LogP contribution < -0.4 is 4.74 Å². The van der Waals surface area contributed by atoms with Crippen LogP contribution in [-0.4, -0.2) is 7.11 Å². The summed E-state index contributed by atoms with van der Waals surface area (Å²) in [5.41, 5.74) is 0.00505. The Hall–Kier alpha value is -1.19. The number of methoxy groups -OCH3 is 1. The maximum Gasteiger partial charge on any atom is 0.416 e. The molecule has 1 rings (SSSR count). The molecule has 0 aliphatic heterocycles. The molecule has 1 aromatic rings. The Morgan fingerprint density at radius 3 is 2.31 bits per heavy atom. The Kier molecular flexibility index (Phi) is 2.50. The summed E-state index contributed by atoms with van der Waals surface area (Å²) in [5.74, 6) is 0.259. The average molecular weight is 190 g/mol. The first-order chi connectivity index (χ1) is 5.95. The van der Waals surface area contributed by atoms with Crippen molar-refractivity contribution in [1.82, 2.24) is 0 Å². The number of aryl methyl sites for hydroxylation is 1. The van der Waals surface area contributed by atoms with Crippen molar-refractivity contribution >= 4 is 0 Å². The zero-order valence-corrected chi connectivity index (χ0v) is 7.27. The van der Waals surface area contributed by atoms with E-state index in [-0.39, 0.29) is 5.75 Å². The summed E-state index contributed by atoms with van der Waals surface area (Å²) in [5, 5.41) is 0. The summed E-state index contributed by atoms with van der Waals surface area (Å²) in [6.45, 7) is 1.69. The Morgan fingerprint density at radius 2 is 1.85 bits per heavy atom. The smallest absolute Gasteiger partial charge is 0.416 e. The fourth-order valence-electron chi connectivity index (χ4n) is 0.996. The maximum absolute atomic E-state index is 12.2. The van der Waals surface area contributed by atoms with Crippen LogP contribution in [0.15, 0.2) is 18.2 Å². The van der Waals surface area contributed by atoms with Crippen molar-refractivity contribution < 1.29 is 17.9 Å². The molecule has 0 aromatic heterocycles. The van der Waals surface area contributed by atoms with Crippen molar-refractivity contribution in [2.45, 2.75) is 13.1 Å². The van der Waals surface area contributed by atoms with E-state index in [0.29, 0.717) is 5.56 Å². The Morgan fingerprint density at radius 1 is 1.23 bits per heavy atom. The largest absolute Gasteiger partial charge is 0.496 e. The second-order valence-corrected chi connectivity index (χ2v) is 2.68. The fourth-order valence-corrected chi connectivity index (χ4v) is 0.996. The first-order valence-electron chi connectivity index (χ1n) is 3.67. The second kappa shape index (κ2) is 3.28. The molecule has 0 amide bonds. The van der Waals surface area contributed by atoms with Gasteiger partial charge in [-0.15, -0.1) is 0 Å². The minimum absolute atomic E-state index is 0.259. The van der Waals surface area contributed by atoms with E-state index < -0.39 is 11.7 Å². The van der Waals surface area contributed by atoms with Gasteiger partial charge in [0.05, 0.1) is 12.7 Å². The fraction of sp³-hybridized carbons (Fsp3) is 0.333. The zero-order valence-electron chi connectivity index (χ0n) is 7.27. The van der Waals surface area contributed by atoms with E-state index in [1.165, 1.54) is 13.2 Å². The van der Waals surface area contributed by atoms with E-state index in [1.54, 1.807) is 6.92 Å². The topological polar surface area (TPSA) is 9.23 Å². The third kappa shape index (κ3) is 2.14. The highest BCUT2D eigenvalue weighted by Gasteiger charge is 2.30. The Bertz CT molecular complexity index is 304. The molecule has 0 aliphatic rings. The minimum atomic E-state index is -4.30. The van der Waals surface area contributed by atoms with Crippen LogP contribution in [-0.2, 0) is 6.18 Å². The quantitative estimate of drug-likeness (QED) is 0.661. The van der Waals surface area contributed by atoms with Crippen LogP contribution in [0.5, 0.6) is 5.75 Å². The van der Waals surface area contributed by atoms with Gasteiger partial charge in [0.1, 0.15) is 5.75 Å². The molecule has 0 N–H and O–H groups in total. The molecule has 13 heavy (non-hydrogen) atoms. The van der Waals surface area contributed by atoms with Crippen LogP contribution in [0, 0.1) is 6.92 Å². The van der Waals surface area contributed by atoms with Crippen LogP contribution in [0.25, 0.3) is 0 Å². The van der Waals surface area contributed by atoms with E-state index in [4.69, 9.17) is 4.74 Å². The summed E-state index contributed by atoms with van der Waals surface area (Å²) >= 11 is 0. The SMILES string of the molecule is COc1cc(C(F)(F)F)ccc1C. The molecule has 0 atom stereocenters. The summed E-state index contributed by atoms with van der Waals surface area (Å²) < 4.78 is 41.3. The normalized spacial score (nSPS) is 11.5. The molecule has 1 aromatic carbocycles. The monoisotopic (exact) mass is 190 g/mol.